The number of nitrogens with zero attached hydrogens (tertiary/aromatic N) is 3. The molecule has 10 nitrogen and oxygen atoms in total. The summed E-state index contributed by atoms with van der Waals surface area (Å²) >= 11 is 5.71. The molecular weight excluding hydrogens is 536 g/mol. The van der Waals surface area contributed by atoms with Crippen molar-refractivity contribution < 1.29 is 33.0 Å². The van der Waals surface area contributed by atoms with E-state index in [0.717, 1.165) is 12.1 Å². The number of aromatic nitrogens is 2. The van der Waals surface area contributed by atoms with Crippen LogP contribution in [0.4, 0.5) is 20.3 Å². The number of amides is 2. The smallest absolute Gasteiger partial charge is 0.246 e. The summed E-state index contributed by atoms with van der Waals surface area (Å²) in [6.07, 6.45) is 2.53. The van der Waals surface area contributed by atoms with E-state index in [1.807, 2.05) is 0 Å². The molecule has 0 unspecified atom stereocenters. The fraction of sp³-hybridized carbons (Fsp3) is 0.308. The summed E-state index contributed by atoms with van der Waals surface area (Å²) in [6, 6.07) is 4.63. The topological polar surface area (TPSA) is 126 Å². The first kappa shape index (κ1) is 28.0. The van der Waals surface area contributed by atoms with Crippen LogP contribution in [0.15, 0.2) is 43.2 Å². The van der Waals surface area contributed by atoms with E-state index < -0.39 is 34.7 Å². The largest absolute Gasteiger partial charge is 0.493 e. The van der Waals surface area contributed by atoms with E-state index in [1.165, 1.54) is 24.4 Å². The summed E-state index contributed by atoms with van der Waals surface area (Å²) in [6.45, 7) is 3.55. The van der Waals surface area contributed by atoms with Gasteiger partial charge in [-0.2, -0.15) is 0 Å². The minimum Gasteiger partial charge on any atom is -0.493 e. The molecule has 1 aliphatic rings. The summed E-state index contributed by atoms with van der Waals surface area (Å²) in [5.41, 5.74) is 0.369. The molecule has 0 spiro atoms. The third kappa shape index (κ3) is 6.02. The highest BCUT2D eigenvalue weighted by Gasteiger charge is 2.36. The number of fused-ring (bicyclic) bond motifs is 1. The number of nitrogens with one attached hydrogen (secondary N) is 2. The molecule has 3 aromatic rings. The van der Waals surface area contributed by atoms with Gasteiger partial charge in [0.05, 0.1) is 24.9 Å². The Morgan fingerprint density at radius 3 is 2.79 bits per heavy atom. The van der Waals surface area contributed by atoms with Gasteiger partial charge in [0.1, 0.15) is 35.1 Å². The van der Waals surface area contributed by atoms with E-state index >= 15 is 0 Å². The van der Waals surface area contributed by atoms with Crippen molar-refractivity contribution in [3.63, 3.8) is 0 Å². The number of hydrogen-bond donors (Lipinski definition) is 3. The van der Waals surface area contributed by atoms with Crippen molar-refractivity contribution in [3.8, 4) is 11.5 Å². The Balaban J connectivity index is 1.64. The molecule has 1 aromatic heterocycles. The zero-order valence-electron chi connectivity index (χ0n) is 20.9. The predicted octanol–water partition coefficient (Wildman–Crippen LogP) is 3.35. The lowest BCUT2D eigenvalue weighted by Crippen LogP contribution is -2.55. The molecule has 39 heavy (non-hydrogen) atoms. The molecule has 2 heterocycles. The molecule has 206 valence electrons. The summed E-state index contributed by atoms with van der Waals surface area (Å²) in [4.78, 5) is 35.0. The number of anilines is 2. The van der Waals surface area contributed by atoms with Crippen LogP contribution in [0.5, 0.6) is 11.5 Å². The predicted molar refractivity (Wildman–Crippen MR) is 140 cm³/mol. The third-order valence-electron chi connectivity index (χ3n) is 6.23. The van der Waals surface area contributed by atoms with Gasteiger partial charge in [-0.15, -0.1) is 0 Å². The van der Waals surface area contributed by atoms with Crippen molar-refractivity contribution in [2.45, 2.75) is 25.0 Å². The van der Waals surface area contributed by atoms with Crippen LogP contribution in [0, 0.1) is 11.6 Å². The van der Waals surface area contributed by atoms with Gasteiger partial charge in [-0.1, -0.05) is 18.2 Å². The fourth-order valence-electron chi connectivity index (χ4n) is 4.31. The van der Waals surface area contributed by atoms with Gasteiger partial charge in [0.15, 0.2) is 17.3 Å². The average molecular weight is 562 g/mol. The van der Waals surface area contributed by atoms with Gasteiger partial charge in [-0.25, -0.2) is 18.7 Å². The molecule has 1 saturated heterocycles. The fourth-order valence-corrected chi connectivity index (χ4v) is 4.48. The molecular formula is C26H26ClF2N5O5. The second kappa shape index (κ2) is 12.2. The first-order valence-corrected chi connectivity index (χ1v) is 12.4. The SMILES string of the molecule is C=CC(=O)N1CC[C@H](Oc2cc3c(Nc4ccc(F)c(Cl)c4F)ncnc3cc2OC)C[C@H]1C(=O)NCCO. The number of benzene rings is 2. The normalized spacial score (nSPS) is 17.0. The van der Waals surface area contributed by atoms with Crippen LogP contribution in [-0.2, 0) is 9.59 Å². The van der Waals surface area contributed by atoms with Crippen LogP contribution in [0.2, 0.25) is 5.02 Å². The van der Waals surface area contributed by atoms with Crippen LogP contribution in [0.3, 0.4) is 0 Å². The Hall–Kier alpha value is -4.03. The van der Waals surface area contributed by atoms with E-state index in [4.69, 9.17) is 26.2 Å². The van der Waals surface area contributed by atoms with Crippen LogP contribution >= 0.6 is 11.6 Å². The molecule has 2 aromatic carbocycles. The van der Waals surface area contributed by atoms with E-state index in [9.17, 15) is 18.4 Å². The third-order valence-corrected chi connectivity index (χ3v) is 6.57. The second-order valence-corrected chi connectivity index (χ2v) is 9.00. The van der Waals surface area contributed by atoms with Crippen molar-refractivity contribution in [2.24, 2.45) is 0 Å². The Morgan fingerprint density at radius 1 is 1.28 bits per heavy atom. The van der Waals surface area contributed by atoms with Crippen molar-refractivity contribution in [1.82, 2.24) is 20.2 Å². The van der Waals surface area contributed by atoms with E-state index in [1.54, 1.807) is 12.1 Å². The number of carbonyl (C=O) groups is 2. The maximum atomic E-state index is 14.5. The lowest BCUT2D eigenvalue weighted by atomic mass is 9.98. The standard InChI is InChI=1S/C26H26ClF2N5O5/c1-3-22(36)34-8-6-14(10-19(34)26(37)30-7-9-35)39-21-11-15-18(12-20(21)38-2)31-13-32-25(15)33-17-5-4-16(28)23(27)24(17)29/h3-5,11-14,19,35H,1,6-10H2,2H3,(H,30,37)(H,31,32,33)/t14-,19-/m0/s1. The zero-order chi connectivity index (χ0) is 28.1. The highest BCUT2D eigenvalue weighted by molar-refractivity contribution is 6.31. The van der Waals surface area contributed by atoms with Crippen molar-refractivity contribution in [1.29, 1.82) is 0 Å². The van der Waals surface area contributed by atoms with E-state index in [-0.39, 0.29) is 43.5 Å². The van der Waals surface area contributed by atoms with Gasteiger partial charge < -0.3 is 30.1 Å². The van der Waals surface area contributed by atoms with Crippen molar-refractivity contribution in [3.05, 3.63) is 59.9 Å². The number of ether oxygens (including phenoxy) is 2. The minimum atomic E-state index is -0.972. The number of hydrogen-bond acceptors (Lipinski definition) is 8. The highest BCUT2D eigenvalue weighted by Crippen LogP contribution is 2.37. The van der Waals surface area contributed by atoms with Crippen molar-refractivity contribution in [2.75, 3.05) is 32.1 Å². The number of aliphatic hydroxyl groups excluding tert-OH is 1. The second-order valence-electron chi connectivity index (χ2n) is 8.62. The van der Waals surface area contributed by atoms with Crippen LogP contribution in [0.1, 0.15) is 12.8 Å². The first-order valence-electron chi connectivity index (χ1n) is 12.0. The van der Waals surface area contributed by atoms with Crippen LogP contribution in [0.25, 0.3) is 10.9 Å². The molecule has 1 aliphatic heterocycles. The number of likely N-dealkylation sites (tertiary alicyclic amines) is 1. The summed E-state index contributed by atoms with van der Waals surface area (Å²) < 4.78 is 39.9. The molecule has 0 saturated carbocycles. The Morgan fingerprint density at radius 2 is 2.08 bits per heavy atom. The first-order chi connectivity index (χ1) is 18.8. The molecule has 2 amide bonds. The van der Waals surface area contributed by atoms with Gasteiger partial charge in [0.25, 0.3) is 0 Å². The van der Waals surface area contributed by atoms with Gasteiger partial charge in [-0.3, -0.25) is 9.59 Å². The number of piperidine rings is 1. The average Bonchev–Trinajstić information content (AvgIpc) is 2.95. The Labute approximate surface area is 227 Å². The van der Waals surface area contributed by atoms with Gasteiger partial charge in [0.2, 0.25) is 11.8 Å². The van der Waals surface area contributed by atoms with Crippen LogP contribution < -0.4 is 20.1 Å². The van der Waals surface area contributed by atoms with Gasteiger partial charge in [-0.05, 0) is 24.3 Å². The quantitative estimate of drug-likeness (QED) is 0.268. The highest BCUT2D eigenvalue weighted by atomic mass is 35.5. The summed E-state index contributed by atoms with van der Waals surface area (Å²) in [5.74, 6) is -1.80. The van der Waals surface area contributed by atoms with Gasteiger partial charge >= 0.3 is 0 Å². The zero-order valence-corrected chi connectivity index (χ0v) is 21.7. The molecule has 0 bridgehead atoms. The molecule has 0 radical (unpaired) electrons. The van der Waals surface area contributed by atoms with Crippen LogP contribution in [-0.4, -0.2) is 70.7 Å². The number of aliphatic hydroxyl groups is 1. The number of rotatable bonds is 9. The summed E-state index contributed by atoms with van der Waals surface area (Å²) in [7, 11) is 1.46. The maximum Gasteiger partial charge on any atom is 0.246 e. The number of carbonyl (C=O) groups excluding carboxylic acids is 2. The molecule has 13 heteroatoms. The summed E-state index contributed by atoms with van der Waals surface area (Å²) in [5, 5.41) is 14.3. The maximum absolute atomic E-state index is 14.5. The minimum absolute atomic E-state index is 0.0467. The molecule has 3 N–H and O–H groups in total. The Bertz CT molecular complexity index is 1410. The number of methoxy groups -OCH3 is 1. The molecule has 0 aliphatic carbocycles. The van der Waals surface area contributed by atoms with Crippen molar-refractivity contribution >= 4 is 45.8 Å². The lowest BCUT2D eigenvalue weighted by Gasteiger charge is -2.38. The molecule has 2 atom stereocenters. The van der Waals surface area contributed by atoms with E-state index in [0.29, 0.717) is 28.8 Å². The lowest BCUT2D eigenvalue weighted by molar-refractivity contribution is -0.140. The molecule has 1 fully saturated rings. The molecule has 4 rings (SSSR count). The van der Waals surface area contributed by atoms with E-state index in [2.05, 4.69) is 27.2 Å². The monoisotopic (exact) mass is 561 g/mol. The Kier molecular flexibility index (Phi) is 8.77. The number of halogens is 3. The van der Waals surface area contributed by atoms with Gasteiger partial charge in [0, 0.05) is 37.4 Å².